The molecule has 0 spiro atoms. The van der Waals surface area contributed by atoms with Crippen molar-refractivity contribution in [2.45, 2.75) is 25.8 Å². The second kappa shape index (κ2) is 4.72. The zero-order valence-corrected chi connectivity index (χ0v) is 9.23. The van der Waals surface area contributed by atoms with E-state index in [1.54, 1.807) is 13.8 Å². The van der Waals surface area contributed by atoms with E-state index in [1.807, 2.05) is 0 Å². The van der Waals surface area contributed by atoms with Gasteiger partial charge in [0.1, 0.15) is 0 Å². The SMILES string of the molecule is CC(C)(CC(N)=O)NCCS(N)(=O)=O. The van der Waals surface area contributed by atoms with Gasteiger partial charge in [0.05, 0.1) is 5.75 Å². The van der Waals surface area contributed by atoms with Crippen molar-refractivity contribution < 1.29 is 13.2 Å². The molecule has 0 aliphatic heterocycles. The lowest BCUT2D eigenvalue weighted by Crippen LogP contribution is -2.45. The van der Waals surface area contributed by atoms with E-state index in [0.717, 1.165) is 0 Å². The van der Waals surface area contributed by atoms with Crippen LogP contribution in [0.3, 0.4) is 0 Å². The molecule has 0 fully saturated rings. The van der Waals surface area contributed by atoms with Crippen LogP contribution in [0.2, 0.25) is 0 Å². The Labute approximate surface area is 84.1 Å². The van der Waals surface area contributed by atoms with Crippen molar-refractivity contribution in [1.29, 1.82) is 0 Å². The molecule has 0 rings (SSSR count). The molecule has 0 heterocycles. The maximum absolute atomic E-state index is 10.6. The van der Waals surface area contributed by atoms with Gasteiger partial charge in [-0.2, -0.15) is 0 Å². The summed E-state index contributed by atoms with van der Waals surface area (Å²) >= 11 is 0. The summed E-state index contributed by atoms with van der Waals surface area (Å²) in [6.45, 7) is 3.74. The fourth-order valence-corrected chi connectivity index (χ4v) is 1.42. The Morgan fingerprint density at radius 3 is 2.29 bits per heavy atom. The van der Waals surface area contributed by atoms with E-state index in [-0.39, 0.29) is 18.7 Å². The highest BCUT2D eigenvalue weighted by atomic mass is 32.2. The van der Waals surface area contributed by atoms with Gasteiger partial charge in [-0.1, -0.05) is 0 Å². The number of sulfonamides is 1. The molecule has 1 amide bonds. The lowest BCUT2D eigenvalue weighted by Gasteiger charge is -2.24. The van der Waals surface area contributed by atoms with Gasteiger partial charge in [0.25, 0.3) is 0 Å². The van der Waals surface area contributed by atoms with Crippen molar-refractivity contribution in [2.24, 2.45) is 10.9 Å². The minimum Gasteiger partial charge on any atom is -0.370 e. The Balaban J connectivity index is 3.94. The standard InChI is InChI=1S/C7H17N3O3S/c1-7(2,5-6(8)11)10-3-4-14(9,12)13/h10H,3-5H2,1-2H3,(H2,8,11)(H2,9,12,13). The van der Waals surface area contributed by atoms with Gasteiger partial charge in [0.15, 0.2) is 0 Å². The first kappa shape index (κ1) is 13.3. The minimum atomic E-state index is -3.45. The molecule has 5 N–H and O–H groups in total. The maximum Gasteiger partial charge on any atom is 0.219 e. The summed E-state index contributed by atoms with van der Waals surface area (Å²) in [6.07, 6.45) is 0.150. The summed E-state index contributed by atoms with van der Waals surface area (Å²) in [5, 5.41) is 7.69. The lowest BCUT2D eigenvalue weighted by atomic mass is 10.0. The molecule has 0 aromatic rings. The molecule has 0 aromatic carbocycles. The minimum absolute atomic E-state index is 0.150. The predicted octanol–water partition coefficient (Wildman–Crippen LogP) is -1.48. The van der Waals surface area contributed by atoms with Crippen molar-refractivity contribution in [3.8, 4) is 0 Å². The van der Waals surface area contributed by atoms with E-state index in [4.69, 9.17) is 10.9 Å². The molecule has 0 aliphatic rings. The highest BCUT2D eigenvalue weighted by molar-refractivity contribution is 7.89. The van der Waals surface area contributed by atoms with Crippen LogP contribution < -0.4 is 16.2 Å². The average molecular weight is 223 g/mol. The number of hydrogen-bond acceptors (Lipinski definition) is 4. The van der Waals surface area contributed by atoms with Crippen LogP contribution in [0.4, 0.5) is 0 Å². The van der Waals surface area contributed by atoms with Crippen molar-refractivity contribution in [1.82, 2.24) is 5.32 Å². The van der Waals surface area contributed by atoms with Gasteiger partial charge in [-0.3, -0.25) is 4.79 Å². The quantitative estimate of drug-likeness (QED) is 0.509. The van der Waals surface area contributed by atoms with Gasteiger partial charge in [-0.05, 0) is 13.8 Å². The molecule has 14 heavy (non-hydrogen) atoms. The van der Waals surface area contributed by atoms with Crippen LogP contribution in [0, 0.1) is 0 Å². The van der Waals surface area contributed by atoms with Gasteiger partial charge in [0.2, 0.25) is 15.9 Å². The first-order valence-electron chi connectivity index (χ1n) is 4.16. The molecule has 0 atom stereocenters. The number of primary sulfonamides is 1. The molecule has 7 heteroatoms. The number of rotatable bonds is 6. The van der Waals surface area contributed by atoms with Gasteiger partial charge in [-0.25, -0.2) is 13.6 Å². The average Bonchev–Trinajstić information content (AvgIpc) is 1.78. The Morgan fingerprint density at radius 1 is 1.43 bits per heavy atom. The van der Waals surface area contributed by atoms with Crippen LogP contribution in [-0.4, -0.2) is 32.2 Å². The summed E-state index contributed by atoms with van der Waals surface area (Å²) in [5.41, 5.74) is 4.51. The zero-order valence-electron chi connectivity index (χ0n) is 8.41. The fourth-order valence-electron chi connectivity index (χ4n) is 1.03. The summed E-state index contributed by atoms with van der Waals surface area (Å²) in [5.74, 6) is -0.590. The largest absolute Gasteiger partial charge is 0.370 e. The van der Waals surface area contributed by atoms with E-state index >= 15 is 0 Å². The number of nitrogens with one attached hydrogen (secondary N) is 1. The van der Waals surface area contributed by atoms with Gasteiger partial charge >= 0.3 is 0 Å². The molecule has 0 aliphatic carbocycles. The number of nitrogens with two attached hydrogens (primary N) is 2. The third-order valence-electron chi connectivity index (χ3n) is 1.61. The molecule has 0 saturated carbocycles. The molecule has 6 nitrogen and oxygen atoms in total. The van der Waals surface area contributed by atoms with Crippen molar-refractivity contribution in [3.05, 3.63) is 0 Å². The number of carbonyl (C=O) groups excluding carboxylic acids is 1. The molecular formula is C7H17N3O3S. The smallest absolute Gasteiger partial charge is 0.219 e. The van der Waals surface area contributed by atoms with E-state index in [2.05, 4.69) is 5.32 Å². The highest BCUT2D eigenvalue weighted by Gasteiger charge is 2.19. The zero-order chi connectivity index (χ0) is 11.4. The van der Waals surface area contributed by atoms with Crippen molar-refractivity contribution >= 4 is 15.9 Å². The van der Waals surface area contributed by atoms with Crippen LogP contribution in [0.25, 0.3) is 0 Å². The van der Waals surface area contributed by atoms with Crippen molar-refractivity contribution in [2.75, 3.05) is 12.3 Å². The topological polar surface area (TPSA) is 115 Å². The lowest BCUT2D eigenvalue weighted by molar-refractivity contribution is -0.119. The Morgan fingerprint density at radius 2 is 1.93 bits per heavy atom. The molecule has 0 unspecified atom stereocenters. The molecule has 0 radical (unpaired) electrons. The van der Waals surface area contributed by atoms with Crippen LogP contribution in [0.5, 0.6) is 0 Å². The molecule has 0 bridgehead atoms. The summed E-state index contributed by atoms with van der Waals surface area (Å²) < 4.78 is 21.2. The predicted molar refractivity (Wildman–Crippen MR) is 53.9 cm³/mol. The summed E-state index contributed by atoms with van der Waals surface area (Å²) in [4.78, 5) is 10.6. The summed E-state index contributed by atoms with van der Waals surface area (Å²) in [6, 6.07) is 0. The Kier molecular flexibility index (Phi) is 4.50. The van der Waals surface area contributed by atoms with Gasteiger partial charge < -0.3 is 11.1 Å². The second-order valence-corrected chi connectivity index (χ2v) is 5.55. The molecule has 0 saturated heterocycles. The third kappa shape index (κ3) is 7.96. The second-order valence-electron chi connectivity index (χ2n) is 3.82. The summed E-state index contributed by atoms with van der Waals surface area (Å²) in [7, 11) is -3.45. The Hall–Kier alpha value is -0.660. The Bertz CT molecular complexity index is 297. The molecule has 84 valence electrons. The number of carbonyl (C=O) groups is 1. The normalized spacial score (nSPS) is 12.8. The van der Waals surface area contributed by atoms with Gasteiger partial charge in [0, 0.05) is 18.5 Å². The van der Waals surface area contributed by atoms with E-state index < -0.39 is 21.5 Å². The fraction of sp³-hybridized carbons (Fsp3) is 0.857. The van der Waals surface area contributed by atoms with Crippen LogP contribution in [0.1, 0.15) is 20.3 Å². The monoisotopic (exact) mass is 223 g/mol. The van der Waals surface area contributed by atoms with E-state index in [1.165, 1.54) is 0 Å². The third-order valence-corrected chi connectivity index (χ3v) is 2.38. The van der Waals surface area contributed by atoms with E-state index in [9.17, 15) is 13.2 Å². The van der Waals surface area contributed by atoms with Crippen LogP contribution >= 0.6 is 0 Å². The van der Waals surface area contributed by atoms with Crippen LogP contribution in [-0.2, 0) is 14.8 Å². The maximum atomic E-state index is 10.6. The van der Waals surface area contributed by atoms with E-state index in [0.29, 0.717) is 0 Å². The first-order valence-corrected chi connectivity index (χ1v) is 5.88. The number of amides is 1. The van der Waals surface area contributed by atoms with Gasteiger partial charge in [-0.15, -0.1) is 0 Å². The molecular weight excluding hydrogens is 206 g/mol. The first-order chi connectivity index (χ1) is 6.12. The van der Waals surface area contributed by atoms with Crippen molar-refractivity contribution in [3.63, 3.8) is 0 Å². The van der Waals surface area contributed by atoms with Crippen LogP contribution in [0.15, 0.2) is 0 Å². The number of primary amides is 1. The number of hydrogen-bond donors (Lipinski definition) is 3. The molecule has 0 aromatic heterocycles. The highest BCUT2D eigenvalue weighted by Crippen LogP contribution is 2.06.